The second kappa shape index (κ2) is 9.85. The van der Waals surface area contributed by atoms with Gasteiger partial charge in [0.25, 0.3) is 5.79 Å². The molecule has 4 saturated heterocycles. The fraction of sp³-hybridized carbons (Fsp3) is 0.958. The van der Waals surface area contributed by atoms with Crippen molar-refractivity contribution < 1.29 is 28.5 Å². The molecule has 6 nitrogen and oxygen atoms in total. The average molecular weight is 425 g/mol. The van der Waals surface area contributed by atoms with Crippen LogP contribution in [-0.4, -0.2) is 36.2 Å². The summed E-state index contributed by atoms with van der Waals surface area (Å²) >= 11 is 0. The number of unbranched alkanes of at least 4 members (excludes halogenated alkanes) is 13. The molecule has 0 radical (unpaired) electrons. The number of hydrogen-bond acceptors (Lipinski definition) is 6. The van der Waals surface area contributed by atoms with Crippen LogP contribution < -0.4 is 0 Å². The smallest absolute Gasteiger partial charge is 0.355 e. The molecule has 4 aliphatic rings. The van der Waals surface area contributed by atoms with Crippen LogP contribution in [0.1, 0.15) is 116 Å². The highest BCUT2D eigenvalue weighted by Gasteiger charge is 3.16. The first-order chi connectivity index (χ1) is 14.7. The maximum atomic E-state index is 11.5. The number of ether oxygens (including phenoxy) is 5. The predicted octanol–water partition coefficient (Wildman–Crippen LogP) is 5.72. The van der Waals surface area contributed by atoms with Crippen molar-refractivity contribution in [2.75, 3.05) is 6.61 Å². The zero-order valence-corrected chi connectivity index (χ0v) is 18.8. The number of carbonyl (C=O) groups is 1. The van der Waals surface area contributed by atoms with Gasteiger partial charge in [-0.2, -0.15) is 0 Å². The van der Waals surface area contributed by atoms with Gasteiger partial charge in [0, 0.05) is 6.42 Å². The van der Waals surface area contributed by atoms with E-state index in [1.165, 1.54) is 70.6 Å². The Morgan fingerprint density at radius 1 is 0.767 bits per heavy atom. The fourth-order valence-corrected chi connectivity index (χ4v) is 4.77. The van der Waals surface area contributed by atoms with Crippen LogP contribution in [0.4, 0.5) is 0 Å². The van der Waals surface area contributed by atoms with Crippen LogP contribution in [0.3, 0.4) is 0 Å². The van der Waals surface area contributed by atoms with Gasteiger partial charge in [-0.05, 0) is 19.3 Å². The van der Waals surface area contributed by atoms with Gasteiger partial charge in [0.15, 0.2) is 0 Å². The molecule has 0 saturated carbocycles. The van der Waals surface area contributed by atoms with E-state index in [1.54, 1.807) is 0 Å². The number of esters is 1. The zero-order chi connectivity index (χ0) is 20.9. The van der Waals surface area contributed by atoms with Crippen molar-refractivity contribution in [3.63, 3.8) is 0 Å². The van der Waals surface area contributed by atoms with E-state index in [9.17, 15) is 4.79 Å². The summed E-state index contributed by atoms with van der Waals surface area (Å²) in [6.45, 7) is 2.70. The van der Waals surface area contributed by atoms with E-state index in [1.807, 2.05) is 0 Å². The third-order valence-corrected chi connectivity index (χ3v) is 6.91. The molecule has 0 aromatic rings. The number of carbonyl (C=O) groups excluding carboxylic acids is 1. The van der Waals surface area contributed by atoms with Crippen LogP contribution in [0.5, 0.6) is 0 Å². The minimum absolute atomic E-state index is 0.0165. The molecule has 172 valence electrons. The third-order valence-electron chi connectivity index (χ3n) is 6.91. The summed E-state index contributed by atoms with van der Waals surface area (Å²) < 4.78 is 27.2. The Bertz CT molecular complexity index is 572. The van der Waals surface area contributed by atoms with Gasteiger partial charge < -0.3 is 9.47 Å². The van der Waals surface area contributed by atoms with E-state index in [4.69, 9.17) is 23.7 Å². The molecular formula is C24H40O6. The molecule has 1 spiro atoms. The molecule has 2 atom stereocenters. The zero-order valence-electron chi connectivity index (χ0n) is 18.8. The second-order valence-corrected chi connectivity index (χ2v) is 9.46. The summed E-state index contributed by atoms with van der Waals surface area (Å²) in [4.78, 5) is 11.5. The van der Waals surface area contributed by atoms with Crippen LogP contribution >= 0.6 is 0 Å². The first-order valence-electron chi connectivity index (χ1n) is 12.6. The van der Waals surface area contributed by atoms with Crippen molar-refractivity contribution in [3.8, 4) is 0 Å². The van der Waals surface area contributed by atoms with Crippen molar-refractivity contribution in [2.45, 2.75) is 140 Å². The molecule has 0 aliphatic carbocycles. The first-order valence-corrected chi connectivity index (χ1v) is 12.6. The molecule has 0 aromatic heterocycles. The Kier molecular flexibility index (Phi) is 7.38. The van der Waals surface area contributed by atoms with Crippen LogP contribution in [-0.2, 0) is 28.5 Å². The van der Waals surface area contributed by atoms with Crippen LogP contribution in [0.25, 0.3) is 0 Å². The largest absolute Gasteiger partial charge is 0.466 e. The van der Waals surface area contributed by atoms with E-state index >= 15 is 0 Å². The summed E-state index contributed by atoms with van der Waals surface area (Å²) in [5.41, 5.74) is 0. The maximum absolute atomic E-state index is 11.5. The molecular weight excluding hydrogens is 384 g/mol. The quantitative estimate of drug-likeness (QED) is 0.150. The molecule has 0 N–H and O–H groups in total. The normalized spacial score (nSPS) is 34.2. The lowest BCUT2D eigenvalue weighted by molar-refractivity contribution is -0.166. The van der Waals surface area contributed by atoms with Crippen molar-refractivity contribution >= 4 is 5.97 Å². The second-order valence-electron chi connectivity index (χ2n) is 9.46. The van der Waals surface area contributed by atoms with Gasteiger partial charge >= 0.3 is 17.7 Å². The molecule has 0 aromatic carbocycles. The fourth-order valence-electron chi connectivity index (χ4n) is 4.77. The van der Waals surface area contributed by atoms with Gasteiger partial charge in [-0.25, -0.2) is 0 Å². The highest BCUT2D eigenvalue weighted by molar-refractivity contribution is 5.69. The number of rotatable bonds is 19. The predicted molar refractivity (Wildman–Crippen MR) is 111 cm³/mol. The third kappa shape index (κ3) is 4.72. The monoisotopic (exact) mass is 424 g/mol. The molecule has 0 bridgehead atoms. The van der Waals surface area contributed by atoms with Crippen LogP contribution in [0.15, 0.2) is 0 Å². The SMILES string of the molecule is CCCCOC(=O)CCCCCCCCCCCCCCCC1OC12OC13OC12O3. The standard InChI is InChI=1S/C24H40O6/c1-2-3-19-26-21(25)18-16-14-12-10-8-6-4-5-7-9-11-13-15-17-20-22(27-20)23-24(28-22,29-23)30-23/h20H,2-19H2,1H3. The minimum Gasteiger partial charge on any atom is -0.466 e. The summed E-state index contributed by atoms with van der Waals surface area (Å²) in [5, 5.41) is 0. The molecule has 4 rings (SSSR count). The Morgan fingerprint density at radius 2 is 1.33 bits per heavy atom. The highest BCUT2D eigenvalue weighted by atomic mass is 17.2. The van der Waals surface area contributed by atoms with Crippen LogP contribution in [0, 0.1) is 0 Å². The summed E-state index contributed by atoms with van der Waals surface area (Å²) in [5.74, 6) is -1.64. The lowest BCUT2D eigenvalue weighted by Crippen LogP contribution is -2.39. The van der Waals surface area contributed by atoms with Gasteiger partial charge in [0.1, 0.15) is 6.10 Å². The van der Waals surface area contributed by atoms with Gasteiger partial charge in [-0.1, -0.05) is 90.4 Å². The molecule has 4 fully saturated rings. The summed E-state index contributed by atoms with van der Waals surface area (Å²) in [7, 11) is 0. The molecule has 30 heavy (non-hydrogen) atoms. The molecule has 2 unspecified atom stereocenters. The summed E-state index contributed by atoms with van der Waals surface area (Å²) in [6, 6.07) is 0. The first kappa shape index (κ1) is 22.5. The minimum atomic E-state index is -0.648. The van der Waals surface area contributed by atoms with Crippen molar-refractivity contribution in [3.05, 3.63) is 0 Å². The van der Waals surface area contributed by atoms with Gasteiger partial charge in [0.05, 0.1) is 6.61 Å². The van der Waals surface area contributed by atoms with E-state index in [0.29, 0.717) is 13.0 Å². The van der Waals surface area contributed by atoms with E-state index < -0.39 is 17.5 Å². The van der Waals surface area contributed by atoms with Gasteiger partial charge in [0.2, 0.25) is 0 Å². The Labute approximate surface area is 181 Å². The lowest BCUT2D eigenvalue weighted by Gasteiger charge is -2.10. The average Bonchev–Trinajstić information content (AvgIpc) is 3.62. The van der Waals surface area contributed by atoms with E-state index in [0.717, 1.165) is 32.1 Å². The topological polar surface area (TPSA) is 73.1 Å². The molecule has 4 aliphatic heterocycles. The molecule has 4 heterocycles. The number of epoxide rings is 3. The Balaban J connectivity index is 0.831. The molecule has 6 heteroatoms. The maximum Gasteiger partial charge on any atom is 0.355 e. The Hall–Kier alpha value is -0.690. The van der Waals surface area contributed by atoms with E-state index in [2.05, 4.69) is 6.92 Å². The van der Waals surface area contributed by atoms with Crippen molar-refractivity contribution in [1.82, 2.24) is 0 Å². The highest BCUT2D eigenvalue weighted by Crippen LogP contribution is 2.88. The molecule has 0 amide bonds. The van der Waals surface area contributed by atoms with Gasteiger partial charge in [-0.15, -0.1) is 0 Å². The van der Waals surface area contributed by atoms with Crippen molar-refractivity contribution in [2.24, 2.45) is 0 Å². The Morgan fingerprint density at radius 3 is 1.83 bits per heavy atom. The van der Waals surface area contributed by atoms with Crippen molar-refractivity contribution in [1.29, 1.82) is 0 Å². The van der Waals surface area contributed by atoms with Crippen LogP contribution in [0.2, 0.25) is 0 Å². The van der Waals surface area contributed by atoms with Gasteiger partial charge in [-0.3, -0.25) is 19.0 Å². The summed E-state index contributed by atoms with van der Waals surface area (Å²) in [6.07, 6.45) is 20.5. The lowest BCUT2D eigenvalue weighted by atomic mass is 10.0. The number of hydrogen-bond donors (Lipinski definition) is 0. The van der Waals surface area contributed by atoms with E-state index in [-0.39, 0.29) is 12.1 Å².